The van der Waals surface area contributed by atoms with E-state index < -0.39 is 5.92 Å². The third kappa shape index (κ3) is 5.04. The first-order valence-corrected chi connectivity index (χ1v) is 9.23. The van der Waals surface area contributed by atoms with E-state index >= 15 is 0 Å². The van der Waals surface area contributed by atoms with E-state index in [1.807, 2.05) is 66.7 Å². The third-order valence-corrected chi connectivity index (χ3v) is 4.47. The molecule has 0 heterocycles. The normalized spacial score (nSPS) is 11.9. The molecule has 3 aromatic rings. The lowest BCUT2D eigenvalue weighted by atomic mass is 9.96. The maximum Gasteiger partial charge on any atom is 0.313 e. The Morgan fingerprint density at radius 2 is 1.50 bits per heavy atom. The van der Waals surface area contributed by atoms with Crippen LogP contribution in [0.3, 0.4) is 0 Å². The van der Waals surface area contributed by atoms with E-state index in [1.54, 1.807) is 37.3 Å². The molecule has 0 aliphatic heterocycles. The highest BCUT2D eigenvalue weighted by Crippen LogP contribution is 2.20. The van der Waals surface area contributed by atoms with Gasteiger partial charge in [-0.1, -0.05) is 84.9 Å². The van der Waals surface area contributed by atoms with E-state index in [4.69, 9.17) is 4.74 Å². The summed E-state index contributed by atoms with van der Waals surface area (Å²) in [6.07, 6.45) is 3.73. The van der Waals surface area contributed by atoms with Crippen molar-refractivity contribution in [1.82, 2.24) is 0 Å². The minimum atomic E-state index is -0.450. The Balaban J connectivity index is 1.62. The van der Waals surface area contributed by atoms with Crippen molar-refractivity contribution in [3.8, 4) is 0 Å². The summed E-state index contributed by atoms with van der Waals surface area (Å²) in [6, 6.07) is 26.1. The first kappa shape index (κ1) is 19.3. The van der Waals surface area contributed by atoms with Crippen LogP contribution in [-0.4, -0.2) is 18.4 Å². The number of rotatable bonds is 7. The van der Waals surface area contributed by atoms with Gasteiger partial charge in [0.1, 0.15) is 6.61 Å². The number of benzene rings is 3. The van der Waals surface area contributed by atoms with Gasteiger partial charge in [-0.25, -0.2) is 0 Å². The summed E-state index contributed by atoms with van der Waals surface area (Å²) in [5, 5.41) is 0. The first-order chi connectivity index (χ1) is 13.6. The predicted molar refractivity (Wildman–Crippen MR) is 111 cm³/mol. The van der Waals surface area contributed by atoms with Gasteiger partial charge in [0.25, 0.3) is 0 Å². The maximum absolute atomic E-state index is 12.6. The molecule has 3 aromatic carbocycles. The van der Waals surface area contributed by atoms with Gasteiger partial charge in [0.05, 0.1) is 5.92 Å². The number of hydrogen-bond acceptors (Lipinski definition) is 3. The van der Waals surface area contributed by atoms with Gasteiger partial charge >= 0.3 is 5.97 Å². The Hall–Kier alpha value is -3.46. The molecule has 1 atom stereocenters. The van der Waals surface area contributed by atoms with Crippen LogP contribution in [0.5, 0.6) is 0 Å². The Morgan fingerprint density at radius 3 is 2.21 bits per heavy atom. The molecule has 0 saturated heterocycles. The van der Waals surface area contributed by atoms with Crippen molar-refractivity contribution in [3.05, 3.63) is 113 Å². The van der Waals surface area contributed by atoms with Gasteiger partial charge in [-0.3, -0.25) is 9.59 Å². The summed E-state index contributed by atoms with van der Waals surface area (Å²) in [7, 11) is 0. The van der Waals surface area contributed by atoms with Crippen molar-refractivity contribution >= 4 is 17.8 Å². The topological polar surface area (TPSA) is 43.4 Å². The van der Waals surface area contributed by atoms with Crippen molar-refractivity contribution in [2.24, 2.45) is 0 Å². The van der Waals surface area contributed by atoms with Gasteiger partial charge in [0.15, 0.2) is 5.78 Å². The highest BCUT2D eigenvalue weighted by molar-refractivity contribution is 6.09. The highest BCUT2D eigenvalue weighted by atomic mass is 16.5. The quantitative estimate of drug-likeness (QED) is 0.420. The Labute approximate surface area is 165 Å². The smallest absolute Gasteiger partial charge is 0.313 e. The fraction of sp³-hybridized carbons (Fsp3) is 0.120. The summed E-state index contributed by atoms with van der Waals surface area (Å²) in [4.78, 5) is 25.0. The SMILES string of the molecule is C[C@@H](C(=O)OC/C=C\c1ccccc1)c1cccc(C(=O)c2ccccc2)c1. The molecule has 0 aliphatic carbocycles. The Kier molecular flexibility index (Phi) is 6.53. The van der Waals surface area contributed by atoms with E-state index in [1.165, 1.54) is 0 Å². The summed E-state index contributed by atoms with van der Waals surface area (Å²) in [5.41, 5.74) is 3.01. The van der Waals surface area contributed by atoms with E-state index in [9.17, 15) is 9.59 Å². The molecule has 0 amide bonds. The van der Waals surface area contributed by atoms with Crippen molar-refractivity contribution in [2.75, 3.05) is 6.61 Å². The van der Waals surface area contributed by atoms with Crippen LogP contribution in [0.1, 0.15) is 39.9 Å². The number of carbonyl (C=O) groups excluding carboxylic acids is 2. The van der Waals surface area contributed by atoms with Crippen LogP contribution in [0.25, 0.3) is 6.08 Å². The second-order valence-electron chi connectivity index (χ2n) is 6.49. The zero-order chi connectivity index (χ0) is 19.8. The zero-order valence-electron chi connectivity index (χ0n) is 15.7. The lowest BCUT2D eigenvalue weighted by Crippen LogP contribution is -2.14. The molecule has 0 aromatic heterocycles. The van der Waals surface area contributed by atoms with Crippen molar-refractivity contribution < 1.29 is 14.3 Å². The fourth-order valence-corrected chi connectivity index (χ4v) is 2.85. The molecule has 3 nitrogen and oxygen atoms in total. The second kappa shape index (κ2) is 9.47. The number of carbonyl (C=O) groups is 2. The van der Waals surface area contributed by atoms with E-state index in [0.29, 0.717) is 11.1 Å². The van der Waals surface area contributed by atoms with Crippen LogP contribution < -0.4 is 0 Å². The molecule has 28 heavy (non-hydrogen) atoms. The molecule has 0 fully saturated rings. The monoisotopic (exact) mass is 370 g/mol. The average Bonchev–Trinajstić information content (AvgIpc) is 2.77. The van der Waals surface area contributed by atoms with Gasteiger partial charge in [-0.15, -0.1) is 0 Å². The van der Waals surface area contributed by atoms with Gasteiger partial charge < -0.3 is 4.74 Å². The summed E-state index contributed by atoms with van der Waals surface area (Å²) >= 11 is 0. The molecule has 0 aliphatic rings. The first-order valence-electron chi connectivity index (χ1n) is 9.23. The molecule has 0 saturated carbocycles. The Bertz CT molecular complexity index is 959. The van der Waals surface area contributed by atoms with Crippen LogP contribution in [0, 0.1) is 0 Å². The minimum Gasteiger partial charge on any atom is -0.461 e. The highest BCUT2D eigenvalue weighted by Gasteiger charge is 2.18. The van der Waals surface area contributed by atoms with E-state index in [0.717, 1.165) is 11.1 Å². The largest absolute Gasteiger partial charge is 0.461 e. The van der Waals surface area contributed by atoms with Crippen LogP contribution >= 0.6 is 0 Å². The van der Waals surface area contributed by atoms with Gasteiger partial charge in [-0.2, -0.15) is 0 Å². The molecule has 3 heteroatoms. The molecule has 3 rings (SSSR count). The molecule has 0 radical (unpaired) electrons. The summed E-state index contributed by atoms with van der Waals surface area (Å²) < 4.78 is 5.35. The third-order valence-electron chi connectivity index (χ3n) is 4.47. The molecule has 0 N–H and O–H groups in total. The van der Waals surface area contributed by atoms with Crippen molar-refractivity contribution in [2.45, 2.75) is 12.8 Å². The predicted octanol–water partition coefficient (Wildman–Crippen LogP) is 5.28. The van der Waals surface area contributed by atoms with Crippen LogP contribution in [-0.2, 0) is 9.53 Å². The molecule has 0 bridgehead atoms. The summed E-state index contributed by atoms with van der Waals surface area (Å²) in [6.45, 7) is 2.00. The van der Waals surface area contributed by atoms with E-state index in [-0.39, 0.29) is 18.4 Å². The van der Waals surface area contributed by atoms with Gasteiger partial charge in [-0.05, 0) is 30.2 Å². The maximum atomic E-state index is 12.6. The minimum absolute atomic E-state index is 0.0613. The molecular formula is C25H22O3. The van der Waals surface area contributed by atoms with Crippen LogP contribution in [0.2, 0.25) is 0 Å². The fourth-order valence-electron chi connectivity index (χ4n) is 2.85. The average molecular weight is 370 g/mol. The molecule has 140 valence electrons. The molecule has 0 unspecified atom stereocenters. The standard InChI is InChI=1S/C25H22O3/c1-19(25(27)28-17-9-12-20-10-4-2-5-11-20)22-15-8-16-23(18-22)24(26)21-13-6-3-7-14-21/h2-16,18-19H,17H2,1H3/b12-9-/t19-/m1/s1. The van der Waals surface area contributed by atoms with Crippen LogP contribution in [0.4, 0.5) is 0 Å². The number of esters is 1. The van der Waals surface area contributed by atoms with Gasteiger partial charge in [0, 0.05) is 11.1 Å². The van der Waals surface area contributed by atoms with E-state index in [2.05, 4.69) is 0 Å². The summed E-state index contributed by atoms with van der Waals surface area (Å²) in [5.74, 6) is -0.829. The van der Waals surface area contributed by atoms with Crippen LogP contribution in [0.15, 0.2) is 91.0 Å². The van der Waals surface area contributed by atoms with Crippen molar-refractivity contribution in [1.29, 1.82) is 0 Å². The lowest BCUT2D eigenvalue weighted by molar-refractivity contribution is -0.143. The number of ether oxygens (including phenoxy) is 1. The molecule has 0 spiro atoms. The number of hydrogen-bond donors (Lipinski definition) is 0. The molecular weight excluding hydrogens is 348 g/mol. The second-order valence-corrected chi connectivity index (χ2v) is 6.49. The number of ketones is 1. The van der Waals surface area contributed by atoms with Crippen molar-refractivity contribution in [3.63, 3.8) is 0 Å². The lowest BCUT2D eigenvalue weighted by Gasteiger charge is -2.12. The zero-order valence-corrected chi connectivity index (χ0v) is 15.7. The Morgan fingerprint density at radius 1 is 0.857 bits per heavy atom. The van der Waals surface area contributed by atoms with Gasteiger partial charge in [0.2, 0.25) is 0 Å².